The lowest BCUT2D eigenvalue weighted by Gasteiger charge is -2.09. The number of thiazole rings is 1. The van der Waals surface area contributed by atoms with E-state index in [-0.39, 0.29) is 0 Å². The Bertz CT molecular complexity index is 455. The quantitative estimate of drug-likeness (QED) is 0.883. The molecule has 0 aliphatic heterocycles. The zero-order valence-corrected chi connectivity index (χ0v) is 10.9. The predicted molar refractivity (Wildman–Crippen MR) is 69.8 cm³/mol. The number of rotatable bonds is 5. The zero-order chi connectivity index (χ0) is 12.1. The number of nitrogens with one attached hydrogen (secondary N) is 1. The van der Waals surface area contributed by atoms with E-state index in [9.17, 15) is 0 Å². The highest BCUT2D eigenvalue weighted by molar-refractivity contribution is 7.15. The Morgan fingerprint density at radius 2 is 2.06 bits per heavy atom. The fourth-order valence-corrected chi connectivity index (χ4v) is 2.35. The van der Waals surface area contributed by atoms with Gasteiger partial charge in [-0.3, -0.25) is 0 Å². The van der Waals surface area contributed by atoms with Gasteiger partial charge >= 0.3 is 0 Å². The van der Waals surface area contributed by atoms with E-state index in [1.165, 1.54) is 4.88 Å². The SMILES string of the molecule is CCCNC(C)c1cnc(-c2ncccn2)s1. The normalized spacial score (nSPS) is 12.6. The van der Waals surface area contributed by atoms with Crippen molar-refractivity contribution in [2.75, 3.05) is 6.54 Å². The van der Waals surface area contributed by atoms with E-state index in [0.29, 0.717) is 11.9 Å². The lowest BCUT2D eigenvalue weighted by Crippen LogP contribution is -2.18. The van der Waals surface area contributed by atoms with Crippen molar-refractivity contribution in [2.45, 2.75) is 26.3 Å². The lowest BCUT2D eigenvalue weighted by atomic mass is 10.3. The number of hydrogen-bond donors (Lipinski definition) is 1. The molecule has 2 heterocycles. The van der Waals surface area contributed by atoms with Crippen LogP contribution in [0.25, 0.3) is 10.8 Å². The molecular weight excluding hydrogens is 232 g/mol. The average molecular weight is 248 g/mol. The molecule has 1 atom stereocenters. The highest BCUT2D eigenvalue weighted by Crippen LogP contribution is 2.25. The van der Waals surface area contributed by atoms with Gasteiger partial charge < -0.3 is 5.32 Å². The van der Waals surface area contributed by atoms with Gasteiger partial charge in [-0.1, -0.05) is 6.92 Å². The minimum absolute atomic E-state index is 0.338. The predicted octanol–water partition coefficient (Wildman–Crippen LogP) is 2.66. The van der Waals surface area contributed by atoms with Crippen LogP contribution in [0.2, 0.25) is 0 Å². The highest BCUT2D eigenvalue weighted by Gasteiger charge is 2.11. The van der Waals surface area contributed by atoms with E-state index in [1.54, 1.807) is 23.7 Å². The molecule has 2 aromatic rings. The number of aromatic nitrogens is 3. The summed E-state index contributed by atoms with van der Waals surface area (Å²) < 4.78 is 0. The van der Waals surface area contributed by atoms with Crippen molar-refractivity contribution in [3.05, 3.63) is 29.5 Å². The molecule has 0 spiro atoms. The number of hydrogen-bond acceptors (Lipinski definition) is 5. The molecule has 0 saturated carbocycles. The summed E-state index contributed by atoms with van der Waals surface area (Å²) in [6.45, 7) is 5.34. The van der Waals surface area contributed by atoms with Gasteiger partial charge in [0.15, 0.2) is 10.8 Å². The summed E-state index contributed by atoms with van der Waals surface area (Å²) in [4.78, 5) is 14.0. The largest absolute Gasteiger partial charge is 0.309 e. The number of nitrogens with zero attached hydrogens (tertiary/aromatic N) is 3. The van der Waals surface area contributed by atoms with Crippen molar-refractivity contribution in [3.8, 4) is 10.8 Å². The molecule has 0 bridgehead atoms. The second kappa shape index (κ2) is 5.84. The third-order valence-electron chi connectivity index (χ3n) is 2.41. The lowest BCUT2D eigenvalue weighted by molar-refractivity contribution is 0.577. The van der Waals surface area contributed by atoms with Crippen molar-refractivity contribution >= 4 is 11.3 Å². The summed E-state index contributed by atoms with van der Waals surface area (Å²) in [5.41, 5.74) is 0. The van der Waals surface area contributed by atoms with Crippen molar-refractivity contribution in [3.63, 3.8) is 0 Å². The van der Waals surface area contributed by atoms with Crippen LogP contribution < -0.4 is 5.32 Å². The van der Waals surface area contributed by atoms with E-state index in [2.05, 4.69) is 34.1 Å². The molecule has 17 heavy (non-hydrogen) atoms. The Labute approximate surface area is 105 Å². The summed E-state index contributed by atoms with van der Waals surface area (Å²) >= 11 is 1.65. The zero-order valence-electron chi connectivity index (χ0n) is 10.1. The first-order valence-corrected chi connectivity index (χ1v) is 6.59. The van der Waals surface area contributed by atoms with E-state index >= 15 is 0 Å². The highest BCUT2D eigenvalue weighted by atomic mass is 32.1. The first kappa shape index (κ1) is 12.1. The van der Waals surface area contributed by atoms with Crippen molar-refractivity contribution in [1.29, 1.82) is 0 Å². The van der Waals surface area contributed by atoms with E-state index in [0.717, 1.165) is 18.0 Å². The van der Waals surface area contributed by atoms with Crippen molar-refractivity contribution < 1.29 is 0 Å². The first-order chi connectivity index (χ1) is 8.31. The molecule has 1 unspecified atom stereocenters. The van der Waals surface area contributed by atoms with Crippen LogP contribution in [-0.4, -0.2) is 21.5 Å². The first-order valence-electron chi connectivity index (χ1n) is 5.77. The molecule has 90 valence electrons. The summed E-state index contributed by atoms with van der Waals surface area (Å²) in [5.74, 6) is 0.700. The van der Waals surface area contributed by atoms with Crippen LogP contribution in [0.3, 0.4) is 0 Å². The van der Waals surface area contributed by atoms with Gasteiger partial charge in [0.05, 0.1) is 0 Å². The van der Waals surface area contributed by atoms with Crippen LogP contribution in [0, 0.1) is 0 Å². The van der Waals surface area contributed by atoms with Gasteiger partial charge in [0.2, 0.25) is 0 Å². The molecule has 0 amide bonds. The molecule has 2 rings (SSSR count). The molecule has 0 aliphatic carbocycles. The fourth-order valence-electron chi connectivity index (χ4n) is 1.46. The maximum absolute atomic E-state index is 4.37. The van der Waals surface area contributed by atoms with Gasteiger partial charge in [0, 0.05) is 29.5 Å². The minimum atomic E-state index is 0.338. The monoisotopic (exact) mass is 248 g/mol. The Hall–Kier alpha value is -1.33. The summed E-state index contributed by atoms with van der Waals surface area (Å²) in [6, 6.07) is 2.15. The van der Waals surface area contributed by atoms with Crippen LogP contribution in [0.1, 0.15) is 31.2 Å². The van der Waals surface area contributed by atoms with E-state index < -0.39 is 0 Å². The molecule has 4 nitrogen and oxygen atoms in total. The van der Waals surface area contributed by atoms with Gasteiger partial charge in [0.25, 0.3) is 0 Å². The second-order valence-corrected chi connectivity index (χ2v) is 4.88. The average Bonchev–Trinajstić information content (AvgIpc) is 2.86. The smallest absolute Gasteiger partial charge is 0.188 e. The Morgan fingerprint density at radius 3 is 2.76 bits per heavy atom. The summed E-state index contributed by atoms with van der Waals surface area (Å²) in [7, 11) is 0. The van der Waals surface area contributed by atoms with E-state index in [4.69, 9.17) is 0 Å². The molecule has 5 heteroatoms. The molecule has 0 radical (unpaired) electrons. The summed E-state index contributed by atoms with van der Waals surface area (Å²) in [5, 5.41) is 4.32. The third kappa shape index (κ3) is 3.08. The van der Waals surface area contributed by atoms with Crippen LogP contribution in [-0.2, 0) is 0 Å². The van der Waals surface area contributed by atoms with Gasteiger partial charge in [0.1, 0.15) is 0 Å². The topological polar surface area (TPSA) is 50.7 Å². The molecular formula is C12H16N4S. The van der Waals surface area contributed by atoms with Crippen LogP contribution >= 0.6 is 11.3 Å². The molecule has 0 saturated heterocycles. The van der Waals surface area contributed by atoms with Gasteiger partial charge in [-0.2, -0.15) is 0 Å². The maximum atomic E-state index is 4.37. The molecule has 0 aromatic carbocycles. The fraction of sp³-hybridized carbons (Fsp3) is 0.417. The molecule has 0 fully saturated rings. The van der Waals surface area contributed by atoms with Gasteiger partial charge in [-0.25, -0.2) is 15.0 Å². The van der Waals surface area contributed by atoms with Gasteiger partial charge in [-0.15, -0.1) is 11.3 Å². The van der Waals surface area contributed by atoms with E-state index in [1.807, 2.05) is 12.3 Å². The molecule has 0 aliphatic rings. The van der Waals surface area contributed by atoms with Crippen LogP contribution in [0.4, 0.5) is 0 Å². The van der Waals surface area contributed by atoms with Gasteiger partial charge in [-0.05, 0) is 26.0 Å². The minimum Gasteiger partial charge on any atom is -0.309 e. The summed E-state index contributed by atoms with van der Waals surface area (Å²) in [6.07, 6.45) is 6.52. The Morgan fingerprint density at radius 1 is 1.29 bits per heavy atom. The Balaban J connectivity index is 2.11. The van der Waals surface area contributed by atoms with Crippen molar-refractivity contribution in [1.82, 2.24) is 20.3 Å². The second-order valence-electron chi connectivity index (χ2n) is 3.82. The molecule has 1 N–H and O–H groups in total. The maximum Gasteiger partial charge on any atom is 0.188 e. The van der Waals surface area contributed by atoms with Crippen LogP contribution in [0.15, 0.2) is 24.7 Å². The van der Waals surface area contributed by atoms with Crippen LogP contribution in [0.5, 0.6) is 0 Å². The standard InChI is InChI=1S/C12H16N4S/c1-3-5-13-9(2)10-8-16-12(17-10)11-14-6-4-7-15-11/h4,6-9,13H,3,5H2,1-2H3. The van der Waals surface area contributed by atoms with Crippen molar-refractivity contribution in [2.24, 2.45) is 0 Å². The third-order valence-corrected chi connectivity index (χ3v) is 3.58. The molecule has 2 aromatic heterocycles. The Kier molecular flexibility index (Phi) is 4.17.